The number of nitrogens with zero attached hydrogens (tertiary/aromatic N) is 3. The SMILES string of the molecule is Cc1cc(C(=O)Nc2ccc(C)c(C)c2)nc(NCc2ccccn2)n1. The third-order valence-electron chi connectivity index (χ3n) is 4.01. The number of amides is 1. The van der Waals surface area contributed by atoms with Gasteiger partial charge in [0.2, 0.25) is 5.95 Å². The first-order valence-electron chi connectivity index (χ1n) is 8.39. The van der Waals surface area contributed by atoms with Crippen LogP contribution in [0.5, 0.6) is 0 Å². The molecule has 0 bridgehead atoms. The van der Waals surface area contributed by atoms with E-state index in [-0.39, 0.29) is 5.91 Å². The zero-order valence-electron chi connectivity index (χ0n) is 15.1. The summed E-state index contributed by atoms with van der Waals surface area (Å²) in [7, 11) is 0. The lowest BCUT2D eigenvalue weighted by atomic mass is 10.1. The predicted molar refractivity (Wildman–Crippen MR) is 102 cm³/mol. The van der Waals surface area contributed by atoms with Crippen LogP contribution in [-0.4, -0.2) is 20.9 Å². The lowest BCUT2D eigenvalue weighted by molar-refractivity contribution is 0.102. The van der Waals surface area contributed by atoms with Crippen molar-refractivity contribution in [3.63, 3.8) is 0 Å². The van der Waals surface area contributed by atoms with Crippen LogP contribution in [0.25, 0.3) is 0 Å². The maximum atomic E-state index is 12.5. The Kier molecular flexibility index (Phi) is 5.22. The van der Waals surface area contributed by atoms with Crippen LogP contribution in [0.15, 0.2) is 48.7 Å². The standard InChI is InChI=1S/C20H21N5O/c1-13-7-8-16(10-14(13)2)24-19(26)18-11-15(3)23-20(25-18)22-12-17-6-4-5-9-21-17/h4-11H,12H2,1-3H3,(H,24,26)(H,22,23,25). The minimum Gasteiger partial charge on any atom is -0.349 e. The fraction of sp³-hybridized carbons (Fsp3) is 0.200. The topological polar surface area (TPSA) is 79.8 Å². The van der Waals surface area contributed by atoms with Gasteiger partial charge in [-0.25, -0.2) is 9.97 Å². The van der Waals surface area contributed by atoms with Gasteiger partial charge in [-0.1, -0.05) is 12.1 Å². The Bertz CT molecular complexity index is 925. The van der Waals surface area contributed by atoms with E-state index in [9.17, 15) is 4.79 Å². The van der Waals surface area contributed by atoms with Gasteiger partial charge in [-0.3, -0.25) is 9.78 Å². The quantitative estimate of drug-likeness (QED) is 0.736. The van der Waals surface area contributed by atoms with E-state index in [2.05, 4.69) is 25.6 Å². The number of rotatable bonds is 5. The molecule has 0 saturated carbocycles. The molecule has 0 aliphatic rings. The van der Waals surface area contributed by atoms with Gasteiger partial charge >= 0.3 is 0 Å². The molecule has 132 valence electrons. The first-order chi connectivity index (χ1) is 12.5. The minimum absolute atomic E-state index is 0.264. The van der Waals surface area contributed by atoms with Gasteiger partial charge in [-0.05, 0) is 62.2 Å². The number of benzene rings is 1. The molecule has 3 aromatic rings. The van der Waals surface area contributed by atoms with Crippen molar-refractivity contribution in [1.82, 2.24) is 15.0 Å². The number of carbonyl (C=O) groups is 1. The molecule has 2 N–H and O–H groups in total. The largest absolute Gasteiger partial charge is 0.349 e. The summed E-state index contributed by atoms with van der Waals surface area (Å²) in [6.07, 6.45) is 1.73. The van der Waals surface area contributed by atoms with Crippen LogP contribution >= 0.6 is 0 Å². The highest BCUT2D eigenvalue weighted by atomic mass is 16.1. The molecular formula is C20H21N5O. The molecule has 0 aliphatic heterocycles. The molecular weight excluding hydrogens is 326 g/mol. The van der Waals surface area contributed by atoms with Crippen molar-refractivity contribution in [2.75, 3.05) is 10.6 Å². The van der Waals surface area contributed by atoms with E-state index in [4.69, 9.17) is 0 Å². The summed E-state index contributed by atoms with van der Waals surface area (Å²) in [6.45, 7) is 6.37. The van der Waals surface area contributed by atoms with E-state index in [1.807, 2.05) is 57.2 Å². The summed E-state index contributed by atoms with van der Waals surface area (Å²) in [5.74, 6) is 0.139. The van der Waals surface area contributed by atoms with Crippen molar-refractivity contribution in [2.45, 2.75) is 27.3 Å². The second-order valence-corrected chi connectivity index (χ2v) is 6.15. The van der Waals surface area contributed by atoms with Gasteiger partial charge in [-0.15, -0.1) is 0 Å². The van der Waals surface area contributed by atoms with E-state index < -0.39 is 0 Å². The maximum absolute atomic E-state index is 12.5. The van der Waals surface area contributed by atoms with Crippen molar-refractivity contribution in [2.24, 2.45) is 0 Å². The third-order valence-corrected chi connectivity index (χ3v) is 4.01. The van der Waals surface area contributed by atoms with Crippen LogP contribution in [0.1, 0.15) is 33.0 Å². The second kappa shape index (κ2) is 7.74. The summed E-state index contributed by atoms with van der Waals surface area (Å²) < 4.78 is 0. The molecule has 0 aliphatic carbocycles. The highest BCUT2D eigenvalue weighted by Crippen LogP contribution is 2.15. The van der Waals surface area contributed by atoms with Gasteiger partial charge in [0.25, 0.3) is 5.91 Å². The van der Waals surface area contributed by atoms with E-state index in [0.717, 1.165) is 16.9 Å². The summed E-state index contributed by atoms with van der Waals surface area (Å²) in [5.41, 5.74) is 4.96. The van der Waals surface area contributed by atoms with E-state index in [1.54, 1.807) is 12.3 Å². The Morgan fingerprint density at radius 2 is 1.85 bits per heavy atom. The highest BCUT2D eigenvalue weighted by molar-refractivity contribution is 6.03. The lowest BCUT2D eigenvalue weighted by Gasteiger charge is -2.10. The van der Waals surface area contributed by atoms with Crippen LogP contribution in [0.3, 0.4) is 0 Å². The summed E-state index contributed by atoms with van der Waals surface area (Å²) >= 11 is 0. The van der Waals surface area contributed by atoms with Gasteiger partial charge in [0, 0.05) is 17.6 Å². The number of carbonyl (C=O) groups excluding carboxylic acids is 1. The summed E-state index contributed by atoms with van der Waals surface area (Å²) in [6, 6.07) is 13.2. The highest BCUT2D eigenvalue weighted by Gasteiger charge is 2.11. The number of pyridine rings is 1. The number of nitrogens with one attached hydrogen (secondary N) is 2. The molecule has 0 radical (unpaired) electrons. The number of aromatic nitrogens is 3. The van der Waals surface area contributed by atoms with Gasteiger partial charge in [-0.2, -0.15) is 0 Å². The number of anilines is 2. The zero-order chi connectivity index (χ0) is 18.5. The molecule has 0 fully saturated rings. The summed E-state index contributed by atoms with van der Waals surface area (Å²) in [5, 5.41) is 6.00. The predicted octanol–water partition coefficient (Wildman–Crippen LogP) is 3.66. The average Bonchev–Trinajstić information content (AvgIpc) is 2.63. The molecule has 2 aromatic heterocycles. The second-order valence-electron chi connectivity index (χ2n) is 6.15. The smallest absolute Gasteiger partial charge is 0.274 e. The first kappa shape index (κ1) is 17.5. The molecule has 0 saturated heterocycles. The lowest BCUT2D eigenvalue weighted by Crippen LogP contribution is -2.16. The average molecular weight is 347 g/mol. The van der Waals surface area contributed by atoms with Crippen molar-refractivity contribution in [3.8, 4) is 0 Å². The van der Waals surface area contributed by atoms with Crippen LogP contribution in [-0.2, 0) is 6.54 Å². The Balaban J connectivity index is 1.73. The third kappa shape index (κ3) is 4.42. The van der Waals surface area contributed by atoms with Crippen LogP contribution in [0.2, 0.25) is 0 Å². The first-order valence-corrected chi connectivity index (χ1v) is 8.39. The Labute approximate surface area is 152 Å². The Morgan fingerprint density at radius 1 is 1.00 bits per heavy atom. The molecule has 1 aromatic carbocycles. The number of hydrogen-bond donors (Lipinski definition) is 2. The molecule has 0 atom stereocenters. The molecule has 0 spiro atoms. The fourth-order valence-electron chi connectivity index (χ4n) is 2.45. The molecule has 6 nitrogen and oxygen atoms in total. The van der Waals surface area contributed by atoms with E-state index in [1.165, 1.54) is 5.56 Å². The van der Waals surface area contributed by atoms with E-state index >= 15 is 0 Å². The van der Waals surface area contributed by atoms with Crippen molar-refractivity contribution in [3.05, 3.63) is 76.9 Å². The zero-order valence-corrected chi connectivity index (χ0v) is 15.1. The number of aryl methyl sites for hydroxylation is 3. The molecule has 6 heteroatoms. The Hall–Kier alpha value is -3.28. The Morgan fingerprint density at radius 3 is 2.58 bits per heavy atom. The van der Waals surface area contributed by atoms with Crippen molar-refractivity contribution >= 4 is 17.5 Å². The molecule has 0 unspecified atom stereocenters. The number of hydrogen-bond acceptors (Lipinski definition) is 5. The van der Waals surface area contributed by atoms with Gasteiger partial charge in [0.15, 0.2) is 0 Å². The summed E-state index contributed by atoms with van der Waals surface area (Å²) in [4.78, 5) is 25.5. The maximum Gasteiger partial charge on any atom is 0.274 e. The van der Waals surface area contributed by atoms with Crippen molar-refractivity contribution in [1.29, 1.82) is 0 Å². The molecule has 1 amide bonds. The van der Waals surface area contributed by atoms with Crippen LogP contribution < -0.4 is 10.6 Å². The van der Waals surface area contributed by atoms with Gasteiger partial charge < -0.3 is 10.6 Å². The fourth-order valence-corrected chi connectivity index (χ4v) is 2.45. The van der Waals surface area contributed by atoms with Crippen LogP contribution in [0.4, 0.5) is 11.6 Å². The van der Waals surface area contributed by atoms with Gasteiger partial charge in [0.05, 0.1) is 12.2 Å². The van der Waals surface area contributed by atoms with Crippen molar-refractivity contribution < 1.29 is 4.79 Å². The van der Waals surface area contributed by atoms with Gasteiger partial charge in [0.1, 0.15) is 5.69 Å². The molecule has 2 heterocycles. The van der Waals surface area contributed by atoms with Crippen LogP contribution in [0, 0.1) is 20.8 Å². The minimum atomic E-state index is -0.264. The normalized spacial score (nSPS) is 10.4. The monoisotopic (exact) mass is 347 g/mol. The molecule has 26 heavy (non-hydrogen) atoms. The molecule has 3 rings (SSSR count). The van der Waals surface area contributed by atoms with E-state index in [0.29, 0.717) is 23.9 Å².